The normalized spacial score (nSPS) is 9.52. The molecule has 0 amide bonds. The van der Waals surface area contributed by atoms with Gasteiger partial charge in [-0.2, -0.15) is 0 Å². The van der Waals surface area contributed by atoms with Crippen LogP contribution in [0.1, 0.15) is 54.1 Å². The summed E-state index contributed by atoms with van der Waals surface area (Å²) in [5.74, 6) is -1.69. The van der Waals surface area contributed by atoms with E-state index in [0.717, 1.165) is 33.4 Å². The predicted molar refractivity (Wildman–Crippen MR) is 95.2 cm³/mol. The maximum absolute atomic E-state index is 10.8. The summed E-state index contributed by atoms with van der Waals surface area (Å²) < 4.78 is 0. The standard InChI is InChI=1S/2C10H12O2.Zn/c2*1-6-4-7(2)9(10(11)12)8(3)5-6;/h2*4-5H,1-3H3,(H,11,12);. The van der Waals surface area contributed by atoms with E-state index >= 15 is 0 Å². The van der Waals surface area contributed by atoms with E-state index in [0.29, 0.717) is 11.1 Å². The number of benzene rings is 2. The van der Waals surface area contributed by atoms with Crippen LogP contribution >= 0.6 is 0 Å². The minimum Gasteiger partial charge on any atom is -0.478 e. The molecule has 0 aromatic heterocycles. The average molecular weight is 394 g/mol. The van der Waals surface area contributed by atoms with E-state index in [2.05, 4.69) is 0 Å². The van der Waals surface area contributed by atoms with Crippen LogP contribution in [-0.4, -0.2) is 22.2 Å². The van der Waals surface area contributed by atoms with E-state index in [-0.39, 0.29) is 19.5 Å². The van der Waals surface area contributed by atoms with Gasteiger partial charge >= 0.3 is 11.9 Å². The third kappa shape index (κ3) is 6.10. The summed E-state index contributed by atoms with van der Waals surface area (Å²) in [4.78, 5) is 21.5. The van der Waals surface area contributed by atoms with E-state index in [1.807, 2.05) is 65.8 Å². The number of hydrogen-bond donors (Lipinski definition) is 2. The quantitative estimate of drug-likeness (QED) is 0.730. The van der Waals surface area contributed by atoms with Crippen LogP contribution in [0.25, 0.3) is 0 Å². The maximum atomic E-state index is 10.8. The topological polar surface area (TPSA) is 74.6 Å². The first-order valence-corrected chi connectivity index (χ1v) is 7.66. The van der Waals surface area contributed by atoms with Gasteiger partial charge in [-0.25, -0.2) is 9.59 Å². The number of carboxylic acids is 2. The van der Waals surface area contributed by atoms with Crippen molar-refractivity contribution in [2.45, 2.75) is 41.5 Å². The average Bonchev–Trinajstić information content (AvgIpc) is 2.35. The Hall–Kier alpha value is -2.00. The Kier molecular flexibility index (Phi) is 8.72. The molecule has 2 rings (SSSR count). The van der Waals surface area contributed by atoms with Crippen molar-refractivity contribution in [3.05, 3.63) is 68.8 Å². The third-order valence-electron chi connectivity index (χ3n) is 3.78. The molecule has 5 heteroatoms. The molecule has 0 aliphatic heterocycles. The fourth-order valence-electron chi connectivity index (χ4n) is 3.03. The molecule has 0 bridgehead atoms. The molecule has 0 saturated carbocycles. The van der Waals surface area contributed by atoms with Gasteiger partial charge in [0.25, 0.3) is 0 Å². The zero-order valence-corrected chi connectivity index (χ0v) is 18.7. The first kappa shape index (κ1) is 23.0. The minimum absolute atomic E-state index is 0. The number of aromatic carboxylic acids is 2. The van der Waals surface area contributed by atoms with Crippen LogP contribution in [0.4, 0.5) is 0 Å². The van der Waals surface area contributed by atoms with Gasteiger partial charge in [-0.3, -0.25) is 0 Å². The summed E-state index contributed by atoms with van der Waals surface area (Å²) in [6, 6.07) is 7.54. The molecular formula is C20H24O4Zn. The zero-order valence-electron chi connectivity index (χ0n) is 15.7. The fourth-order valence-corrected chi connectivity index (χ4v) is 3.03. The van der Waals surface area contributed by atoms with Crippen molar-refractivity contribution in [3.63, 3.8) is 0 Å². The number of hydrogen-bond acceptors (Lipinski definition) is 2. The van der Waals surface area contributed by atoms with Crippen molar-refractivity contribution in [2.24, 2.45) is 0 Å². The Morgan fingerprint density at radius 1 is 0.600 bits per heavy atom. The molecule has 2 aromatic rings. The molecule has 0 spiro atoms. The van der Waals surface area contributed by atoms with Crippen molar-refractivity contribution >= 4 is 11.9 Å². The van der Waals surface area contributed by atoms with Crippen LogP contribution in [0.5, 0.6) is 0 Å². The van der Waals surface area contributed by atoms with Gasteiger partial charge in [-0.15, -0.1) is 0 Å². The molecule has 0 aliphatic carbocycles. The Morgan fingerprint density at radius 2 is 0.800 bits per heavy atom. The molecule has 130 valence electrons. The molecule has 0 radical (unpaired) electrons. The van der Waals surface area contributed by atoms with Gasteiger partial charge in [-0.05, 0) is 63.8 Å². The molecule has 0 fully saturated rings. The van der Waals surface area contributed by atoms with Crippen LogP contribution in [-0.2, 0) is 19.5 Å². The van der Waals surface area contributed by atoms with Gasteiger partial charge in [0.15, 0.2) is 0 Å². The second-order valence-electron chi connectivity index (χ2n) is 6.16. The van der Waals surface area contributed by atoms with E-state index in [9.17, 15) is 9.59 Å². The third-order valence-corrected chi connectivity index (χ3v) is 3.78. The zero-order chi connectivity index (χ0) is 18.6. The van der Waals surface area contributed by atoms with Crippen molar-refractivity contribution in [1.29, 1.82) is 0 Å². The Morgan fingerprint density at radius 3 is 0.960 bits per heavy atom. The smallest absolute Gasteiger partial charge is 0.336 e. The van der Waals surface area contributed by atoms with Crippen molar-refractivity contribution in [2.75, 3.05) is 0 Å². The molecule has 2 aromatic carbocycles. The number of rotatable bonds is 2. The summed E-state index contributed by atoms with van der Waals surface area (Å²) in [5.41, 5.74) is 6.41. The number of aryl methyl sites for hydroxylation is 6. The molecule has 0 unspecified atom stereocenters. The molecule has 0 saturated heterocycles. The second-order valence-corrected chi connectivity index (χ2v) is 6.16. The molecule has 0 heterocycles. The first-order valence-electron chi connectivity index (χ1n) is 7.66. The van der Waals surface area contributed by atoms with Gasteiger partial charge in [-0.1, -0.05) is 35.4 Å². The van der Waals surface area contributed by atoms with Crippen LogP contribution in [0, 0.1) is 41.5 Å². The maximum Gasteiger partial charge on any atom is 0.336 e. The summed E-state index contributed by atoms with van der Waals surface area (Å²) in [7, 11) is 0. The molecule has 0 atom stereocenters. The minimum atomic E-state index is -0.843. The first-order chi connectivity index (χ1) is 11.0. The summed E-state index contributed by atoms with van der Waals surface area (Å²) in [6.07, 6.45) is 0. The predicted octanol–water partition coefficient (Wildman–Crippen LogP) is 4.62. The molecular weight excluding hydrogens is 370 g/mol. The van der Waals surface area contributed by atoms with E-state index in [1.165, 1.54) is 0 Å². The second kappa shape index (κ2) is 9.48. The Balaban J connectivity index is 0.000000443. The molecule has 2 N–H and O–H groups in total. The monoisotopic (exact) mass is 392 g/mol. The number of carboxylic acid groups (broad SMARTS) is 2. The van der Waals surface area contributed by atoms with Crippen molar-refractivity contribution < 1.29 is 39.3 Å². The van der Waals surface area contributed by atoms with Crippen molar-refractivity contribution in [1.82, 2.24) is 0 Å². The van der Waals surface area contributed by atoms with Crippen LogP contribution in [0.15, 0.2) is 24.3 Å². The largest absolute Gasteiger partial charge is 0.478 e. The van der Waals surface area contributed by atoms with Gasteiger partial charge in [0, 0.05) is 19.5 Å². The molecule has 4 nitrogen and oxygen atoms in total. The van der Waals surface area contributed by atoms with Crippen molar-refractivity contribution in [3.8, 4) is 0 Å². The van der Waals surface area contributed by atoms with Gasteiger partial charge in [0.2, 0.25) is 0 Å². The fraction of sp³-hybridized carbons (Fsp3) is 0.300. The molecule has 25 heavy (non-hydrogen) atoms. The van der Waals surface area contributed by atoms with E-state index in [4.69, 9.17) is 10.2 Å². The van der Waals surface area contributed by atoms with Crippen LogP contribution < -0.4 is 0 Å². The van der Waals surface area contributed by atoms with Gasteiger partial charge in [0.1, 0.15) is 0 Å². The van der Waals surface area contributed by atoms with E-state index in [1.54, 1.807) is 0 Å². The summed E-state index contributed by atoms with van der Waals surface area (Å²) in [5, 5.41) is 17.7. The summed E-state index contributed by atoms with van der Waals surface area (Å²) in [6.45, 7) is 11.2. The SMILES string of the molecule is Cc1cc(C)c(C(=O)O)c(C)c1.Cc1cc(C)c(C(=O)O)c(C)c1.[Zn]. The van der Waals surface area contributed by atoms with E-state index < -0.39 is 11.9 Å². The molecule has 0 aliphatic rings. The Labute approximate surface area is 161 Å². The van der Waals surface area contributed by atoms with Crippen LogP contribution in [0.2, 0.25) is 0 Å². The number of carbonyl (C=O) groups is 2. The summed E-state index contributed by atoms with van der Waals surface area (Å²) >= 11 is 0. The van der Waals surface area contributed by atoms with Gasteiger partial charge in [0.05, 0.1) is 11.1 Å². The Bertz CT molecular complexity index is 681. The van der Waals surface area contributed by atoms with Crippen LogP contribution in [0.3, 0.4) is 0 Å². The van der Waals surface area contributed by atoms with Gasteiger partial charge < -0.3 is 10.2 Å².